The Bertz CT molecular complexity index is 620. The molecule has 1 aliphatic rings. The van der Waals surface area contributed by atoms with Crippen molar-refractivity contribution in [2.75, 3.05) is 60.0 Å². The molecule has 1 atom stereocenters. The molecule has 0 aliphatic carbocycles. The fraction of sp³-hybridized carbons (Fsp3) is 0.600. The van der Waals surface area contributed by atoms with Crippen LogP contribution in [0.1, 0.15) is 18.1 Å². The summed E-state index contributed by atoms with van der Waals surface area (Å²) in [6, 6.07) is 9.74. The van der Waals surface area contributed by atoms with Crippen LogP contribution in [0.5, 0.6) is 0 Å². The minimum atomic E-state index is -0.0543. The van der Waals surface area contributed by atoms with E-state index in [0.717, 1.165) is 38.4 Å². The van der Waals surface area contributed by atoms with Gasteiger partial charge in [0.25, 0.3) is 0 Å². The van der Waals surface area contributed by atoms with Crippen LogP contribution in [0.4, 0.5) is 4.79 Å². The number of nitriles is 1. The molecule has 1 saturated heterocycles. The zero-order valence-corrected chi connectivity index (χ0v) is 16.6. The van der Waals surface area contributed by atoms with Crippen molar-refractivity contribution in [2.45, 2.75) is 19.5 Å². The van der Waals surface area contributed by atoms with Crippen LogP contribution in [0.25, 0.3) is 0 Å². The maximum absolute atomic E-state index is 12.8. The molecule has 1 aromatic rings. The lowest BCUT2D eigenvalue weighted by Crippen LogP contribution is -2.50. The Morgan fingerprint density at radius 2 is 1.93 bits per heavy atom. The molecule has 1 N–H and O–H groups in total. The van der Waals surface area contributed by atoms with Crippen molar-refractivity contribution in [3.8, 4) is 6.07 Å². The summed E-state index contributed by atoms with van der Waals surface area (Å²) < 4.78 is 5.39. The van der Waals surface area contributed by atoms with Gasteiger partial charge >= 0.3 is 6.03 Å². The number of carbonyl (C=O) groups is 1. The van der Waals surface area contributed by atoms with Gasteiger partial charge in [-0.05, 0) is 38.7 Å². The van der Waals surface area contributed by atoms with Crippen molar-refractivity contribution in [1.29, 1.82) is 5.26 Å². The number of likely N-dealkylation sites (N-methyl/N-ethyl adjacent to an activating group) is 1. The number of rotatable bonds is 8. The van der Waals surface area contributed by atoms with Crippen LogP contribution >= 0.6 is 0 Å². The summed E-state index contributed by atoms with van der Waals surface area (Å²) in [7, 11) is 4.00. The molecule has 0 aromatic heterocycles. The van der Waals surface area contributed by atoms with Crippen molar-refractivity contribution in [2.24, 2.45) is 0 Å². The van der Waals surface area contributed by atoms with E-state index in [1.807, 2.05) is 31.1 Å². The summed E-state index contributed by atoms with van der Waals surface area (Å²) in [6.45, 7) is 8.04. The van der Waals surface area contributed by atoms with Gasteiger partial charge in [-0.3, -0.25) is 4.90 Å². The Morgan fingerprint density at radius 3 is 2.52 bits per heavy atom. The maximum atomic E-state index is 12.8. The number of nitrogens with one attached hydrogen (secondary N) is 1. The van der Waals surface area contributed by atoms with E-state index in [0.29, 0.717) is 25.2 Å². The van der Waals surface area contributed by atoms with Crippen molar-refractivity contribution in [3.05, 3.63) is 35.4 Å². The number of hydrogen-bond acceptors (Lipinski definition) is 5. The van der Waals surface area contributed by atoms with Gasteiger partial charge in [0.1, 0.15) is 0 Å². The van der Waals surface area contributed by atoms with E-state index in [2.05, 4.69) is 28.1 Å². The second-order valence-electron chi connectivity index (χ2n) is 7.22. The number of morpholine rings is 1. The Kier molecular flexibility index (Phi) is 8.52. The van der Waals surface area contributed by atoms with Gasteiger partial charge in [0.05, 0.1) is 24.8 Å². The van der Waals surface area contributed by atoms with Gasteiger partial charge in [-0.25, -0.2) is 4.79 Å². The summed E-state index contributed by atoms with van der Waals surface area (Å²) in [5, 5.41) is 12.0. The Hall–Kier alpha value is -2.14. The normalized spacial score (nSPS) is 16.0. The van der Waals surface area contributed by atoms with E-state index < -0.39 is 0 Å². The third kappa shape index (κ3) is 7.18. The monoisotopic (exact) mass is 373 g/mol. The highest BCUT2D eigenvalue weighted by Crippen LogP contribution is 2.08. The molecule has 0 spiro atoms. The van der Waals surface area contributed by atoms with E-state index in [1.54, 1.807) is 12.1 Å². The number of ether oxygens (including phenoxy) is 1. The topological polar surface area (TPSA) is 71.8 Å². The number of hydrogen-bond donors (Lipinski definition) is 1. The Labute approximate surface area is 162 Å². The summed E-state index contributed by atoms with van der Waals surface area (Å²) in [5.74, 6) is 0. The smallest absolute Gasteiger partial charge is 0.317 e. The second-order valence-corrected chi connectivity index (χ2v) is 7.22. The van der Waals surface area contributed by atoms with Gasteiger partial charge in [0.15, 0.2) is 0 Å². The molecule has 1 aromatic carbocycles. The van der Waals surface area contributed by atoms with Crippen molar-refractivity contribution in [3.63, 3.8) is 0 Å². The third-order valence-corrected chi connectivity index (χ3v) is 4.78. The van der Waals surface area contributed by atoms with E-state index >= 15 is 0 Å². The molecule has 1 heterocycles. The molecule has 148 valence electrons. The molecule has 7 heteroatoms. The van der Waals surface area contributed by atoms with E-state index in [4.69, 9.17) is 10.00 Å². The minimum absolute atomic E-state index is 0.0543. The van der Waals surface area contributed by atoms with Crippen LogP contribution in [0, 0.1) is 11.3 Å². The lowest BCUT2D eigenvalue weighted by Gasteiger charge is -2.33. The summed E-state index contributed by atoms with van der Waals surface area (Å²) in [4.78, 5) is 19.0. The van der Waals surface area contributed by atoms with Crippen LogP contribution in [0.2, 0.25) is 0 Å². The van der Waals surface area contributed by atoms with Crippen LogP contribution in [-0.4, -0.2) is 86.8 Å². The second kappa shape index (κ2) is 10.9. The predicted octanol–water partition coefficient (Wildman–Crippen LogP) is 1.35. The fourth-order valence-corrected chi connectivity index (χ4v) is 2.97. The highest BCUT2D eigenvalue weighted by molar-refractivity contribution is 5.74. The molecule has 0 bridgehead atoms. The number of nitrogens with zero attached hydrogens (tertiary/aromatic N) is 4. The predicted molar refractivity (Wildman–Crippen MR) is 105 cm³/mol. The number of carbonyl (C=O) groups excluding carboxylic acids is 1. The molecule has 2 amide bonds. The van der Waals surface area contributed by atoms with E-state index in [1.165, 1.54) is 0 Å². The standard InChI is InChI=1S/C20H31N5O2/c1-17(24-10-12-27-13-11-24)15-22-20(26)25(9-8-23(2)3)16-19-6-4-18(14-21)5-7-19/h4-7,17H,8-13,15-16H2,1-3H3,(H,22,26). The van der Waals surface area contributed by atoms with Crippen molar-refractivity contribution in [1.82, 2.24) is 20.0 Å². The van der Waals surface area contributed by atoms with Gasteiger partial charge in [0, 0.05) is 45.3 Å². The molecule has 0 radical (unpaired) electrons. The quantitative estimate of drug-likeness (QED) is 0.745. The zero-order chi connectivity index (χ0) is 19.6. The van der Waals surface area contributed by atoms with E-state index in [-0.39, 0.29) is 12.1 Å². The van der Waals surface area contributed by atoms with Gasteiger partial charge in [-0.15, -0.1) is 0 Å². The summed E-state index contributed by atoms with van der Waals surface area (Å²) in [5.41, 5.74) is 1.64. The minimum Gasteiger partial charge on any atom is -0.379 e. The largest absolute Gasteiger partial charge is 0.379 e. The van der Waals surface area contributed by atoms with Crippen LogP contribution in [0.3, 0.4) is 0 Å². The highest BCUT2D eigenvalue weighted by Gasteiger charge is 2.19. The summed E-state index contributed by atoms with van der Waals surface area (Å²) in [6.07, 6.45) is 0. The Morgan fingerprint density at radius 1 is 1.26 bits per heavy atom. The van der Waals surface area contributed by atoms with Crippen molar-refractivity contribution >= 4 is 6.03 Å². The molecular formula is C20H31N5O2. The molecule has 0 saturated carbocycles. The van der Waals surface area contributed by atoms with Gasteiger partial charge in [-0.2, -0.15) is 5.26 Å². The number of urea groups is 1. The Balaban J connectivity index is 1.92. The fourth-order valence-electron chi connectivity index (χ4n) is 2.97. The maximum Gasteiger partial charge on any atom is 0.317 e. The van der Waals surface area contributed by atoms with E-state index in [9.17, 15) is 4.79 Å². The molecular weight excluding hydrogens is 342 g/mol. The van der Waals surface area contributed by atoms with Gasteiger partial charge in [0.2, 0.25) is 0 Å². The first-order chi connectivity index (χ1) is 13.0. The van der Waals surface area contributed by atoms with Gasteiger partial charge < -0.3 is 19.9 Å². The number of benzene rings is 1. The first-order valence-electron chi connectivity index (χ1n) is 9.48. The zero-order valence-electron chi connectivity index (χ0n) is 16.6. The molecule has 1 unspecified atom stereocenters. The number of amides is 2. The molecule has 1 fully saturated rings. The molecule has 1 aliphatic heterocycles. The lowest BCUT2D eigenvalue weighted by atomic mass is 10.1. The average Bonchev–Trinajstić information content (AvgIpc) is 2.70. The molecule has 27 heavy (non-hydrogen) atoms. The first-order valence-corrected chi connectivity index (χ1v) is 9.48. The van der Waals surface area contributed by atoms with Gasteiger partial charge in [-0.1, -0.05) is 12.1 Å². The van der Waals surface area contributed by atoms with Crippen LogP contribution in [0.15, 0.2) is 24.3 Å². The SMILES string of the molecule is CC(CNC(=O)N(CCN(C)C)Cc1ccc(C#N)cc1)N1CCOCC1. The summed E-state index contributed by atoms with van der Waals surface area (Å²) >= 11 is 0. The molecule has 2 rings (SSSR count). The first kappa shape index (κ1) is 21.2. The van der Waals surface area contributed by atoms with Crippen LogP contribution in [-0.2, 0) is 11.3 Å². The van der Waals surface area contributed by atoms with Crippen LogP contribution < -0.4 is 5.32 Å². The molecule has 7 nitrogen and oxygen atoms in total. The highest BCUT2D eigenvalue weighted by atomic mass is 16.5. The van der Waals surface area contributed by atoms with Crippen molar-refractivity contribution < 1.29 is 9.53 Å². The lowest BCUT2D eigenvalue weighted by molar-refractivity contribution is 0.0206. The average molecular weight is 374 g/mol. The third-order valence-electron chi connectivity index (χ3n) is 4.78.